The molecule has 0 fully saturated rings. The summed E-state index contributed by atoms with van der Waals surface area (Å²) in [7, 11) is 0. The Bertz CT molecular complexity index is 395. The SMILES string of the molecule is CC(Sc1nnc(NCC(F)(F)F)s1)C(N)=O. The minimum Gasteiger partial charge on any atom is -0.369 e. The summed E-state index contributed by atoms with van der Waals surface area (Å²) >= 11 is 2.00. The highest BCUT2D eigenvalue weighted by molar-refractivity contribution is 8.02. The van der Waals surface area contributed by atoms with Gasteiger partial charge < -0.3 is 11.1 Å². The second-order valence-corrected chi connectivity index (χ2v) is 5.57. The molecule has 1 aromatic rings. The molecular formula is C7H9F3N4OS2. The standard InChI is InChI=1S/C7H9F3N4OS2/c1-3(4(11)15)16-6-14-13-5(17-6)12-2-7(8,9)10/h3H,2H2,1H3,(H2,11,15)(H,12,13). The quantitative estimate of drug-likeness (QED) is 0.801. The minimum atomic E-state index is -4.31. The van der Waals surface area contributed by atoms with Crippen molar-refractivity contribution < 1.29 is 18.0 Å². The fourth-order valence-electron chi connectivity index (χ4n) is 0.714. The number of anilines is 1. The van der Waals surface area contributed by atoms with Crippen LogP contribution in [0.3, 0.4) is 0 Å². The van der Waals surface area contributed by atoms with Crippen molar-refractivity contribution in [2.75, 3.05) is 11.9 Å². The van der Waals surface area contributed by atoms with Crippen LogP contribution in [0.2, 0.25) is 0 Å². The van der Waals surface area contributed by atoms with E-state index in [4.69, 9.17) is 5.73 Å². The van der Waals surface area contributed by atoms with Gasteiger partial charge >= 0.3 is 6.18 Å². The lowest BCUT2D eigenvalue weighted by molar-refractivity contribution is -0.117. The third kappa shape index (κ3) is 5.22. The summed E-state index contributed by atoms with van der Waals surface area (Å²) in [5, 5.41) is 8.80. The predicted molar refractivity (Wildman–Crippen MR) is 59.0 cm³/mol. The van der Waals surface area contributed by atoms with Gasteiger partial charge in [-0.3, -0.25) is 4.79 Å². The molecule has 0 aliphatic heterocycles. The summed E-state index contributed by atoms with van der Waals surface area (Å²) in [6.45, 7) is 0.412. The summed E-state index contributed by atoms with van der Waals surface area (Å²) in [5.74, 6) is -0.519. The smallest absolute Gasteiger partial charge is 0.369 e. The molecule has 1 unspecified atom stereocenters. The van der Waals surface area contributed by atoms with E-state index in [1.54, 1.807) is 6.92 Å². The minimum absolute atomic E-state index is 0.0569. The summed E-state index contributed by atoms with van der Waals surface area (Å²) < 4.78 is 36.1. The van der Waals surface area contributed by atoms with Crippen LogP contribution in [0.1, 0.15) is 6.92 Å². The number of thioether (sulfide) groups is 1. The number of nitrogens with zero attached hydrogens (tertiary/aromatic N) is 2. The van der Waals surface area contributed by atoms with Crippen LogP contribution < -0.4 is 11.1 Å². The molecule has 0 radical (unpaired) electrons. The van der Waals surface area contributed by atoms with Gasteiger partial charge in [0.25, 0.3) is 0 Å². The first kappa shape index (κ1) is 14.0. The Morgan fingerprint density at radius 3 is 2.76 bits per heavy atom. The maximum atomic E-state index is 11.9. The van der Waals surface area contributed by atoms with Gasteiger partial charge in [-0.05, 0) is 6.92 Å². The monoisotopic (exact) mass is 286 g/mol. The van der Waals surface area contributed by atoms with Crippen molar-refractivity contribution in [2.24, 2.45) is 5.73 Å². The molecule has 1 amide bonds. The molecule has 1 heterocycles. The van der Waals surface area contributed by atoms with E-state index in [1.807, 2.05) is 0 Å². The first-order valence-corrected chi connectivity index (χ1v) is 6.07. The van der Waals surface area contributed by atoms with Crippen molar-refractivity contribution in [1.82, 2.24) is 10.2 Å². The van der Waals surface area contributed by atoms with Crippen LogP contribution in [0.25, 0.3) is 0 Å². The molecule has 0 aliphatic rings. The van der Waals surface area contributed by atoms with Crippen molar-refractivity contribution in [1.29, 1.82) is 0 Å². The van der Waals surface area contributed by atoms with Crippen LogP contribution in [0, 0.1) is 0 Å². The van der Waals surface area contributed by atoms with E-state index in [9.17, 15) is 18.0 Å². The Labute approximate surface area is 103 Å². The third-order valence-electron chi connectivity index (χ3n) is 1.52. The van der Waals surface area contributed by atoms with Crippen molar-refractivity contribution in [2.45, 2.75) is 22.7 Å². The molecule has 1 aromatic heterocycles. The van der Waals surface area contributed by atoms with Gasteiger partial charge in [0.15, 0.2) is 4.34 Å². The Morgan fingerprint density at radius 2 is 2.24 bits per heavy atom. The number of carbonyl (C=O) groups is 1. The zero-order valence-electron chi connectivity index (χ0n) is 8.61. The van der Waals surface area contributed by atoms with Crippen LogP contribution in [0.4, 0.5) is 18.3 Å². The summed E-state index contributed by atoms with van der Waals surface area (Å²) in [5.41, 5.74) is 5.04. The van der Waals surface area contributed by atoms with Crippen LogP contribution in [-0.4, -0.2) is 34.1 Å². The molecule has 1 rings (SSSR count). The summed E-state index contributed by atoms with van der Waals surface area (Å²) in [6.07, 6.45) is -4.31. The lowest BCUT2D eigenvalue weighted by Crippen LogP contribution is -2.22. The van der Waals surface area contributed by atoms with Crippen LogP contribution in [0.15, 0.2) is 4.34 Å². The summed E-state index contributed by atoms with van der Waals surface area (Å²) in [4.78, 5) is 10.8. The van der Waals surface area contributed by atoms with Gasteiger partial charge in [-0.2, -0.15) is 13.2 Å². The highest BCUT2D eigenvalue weighted by Crippen LogP contribution is 2.29. The number of hydrogen-bond acceptors (Lipinski definition) is 6. The summed E-state index contributed by atoms with van der Waals surface area (Å²) in [6, 6.07) is 0. The number of amides is 1. The van der Waals surface area contributed by atoms with Crippen molar-refractivity contribution in [3.8, 4) is 0 Å². The molecular weight excluding hydrogens is 277 g/mol. The van der Waals surface area contributed by atoms with Gasteiger partial charge in [0.1, 0.15) is 6.54 Å². The van der Waals surface area contributed by atoms with Crippen LogP contribution in [0.5, 0.6) is 0 Å². The second kappa shape index (κ2) is 5.54. The number of primary amides is 1. The molecule has 17 heavy (non-hydrogen) atoms. The Morgan fingerprint density at radius 1 is 1.59 bits per heavy atom. The average Bonchev–Trinajstić information content (AvgIpc) is 2.61. The maximum absolute atomic E-state index is 11.9. The van der Waals surface area contributed by atoms with Crippen molar-refractivity contribution in [3.05, 3.63) is 0 Å². The molecule has 0 saturated carbocycles. The number of halogens is 3. The lowest BCUT2D eigenvalue weighted by atomic mass is 10.5. The Balaban J connectivity index is 2.51. The number of alkyl halides is 3. The topological polar surface area (TPSA) is 80.9 Å². The third-order valence-corrected chi connectivity index (χ3v) is 3.61. The maximum Gasteiger partial charge on any atom is 0.405 e. The highest BCUT2D eigenvalue weighted by Gasteiger charge is 2.27. The number of aromatic nitrogens is 2. The molecule has 96 valence electrons. The van der Waals surface area contributed by atoms with Gasteiger partial charge in [0, 0.05) is 0 Å². The molecule has 0 saturated heterocycles. The van der Waals surface area contributed by atoms with Gasteiger partial charge in [-0.15, -0.1) is 10.2 Å². The van der Waals surface area contributed by atoms with E-state index in [1.165, 1.54) is 0 Å². The van der Waals surface area contributed by atoms with E-state index in [-0.39, 0.29) is 5.13 Å². The average molecular weight is 286 g/mol. The van der Waals surface area contributed by atoms with E-state index in [2.05, 4.69) is 15.5 Å². The first-order valence-electron chi connectivity index (χ1n) is 4.38. The largest absolute Gasteiger partial charge is 0.405 e. The predicted octanol–water partition coefficient (Wildman–Crippen LogP) is 1.48. The highest BCUT2D eigenvalue weighted by atomic mass is 32.2. The fraction of sp³-hybridized carbons (Fsp3) is 0.571. The number of nitrogens with two attached hydrogens (primary N) is 1. The van der Waals surface area contributed by atoms with Gasteiger partial charge in [-0.1, -0.05) is 23.1 Å². The normalized spacial score (nSPS) is 13.4. The number of hydrogen-bond donors (Lipinski definition) is 2. The molecule has 0 spiro atoms. The van der Waals surface area contributed by atoms with Crippen LogP contribution >= 0.6 is 23.1 Å². The number of nitrogens with one attached hydrogen (secondary N) is 1. The Hall–Kier alpha value is -1.03. The fourth-order valence-corrected chi connectivity index (χ4v) is 2.56. The molecule has 5 nitrogen and oxygen atoms in total. The number of carbonyl (C=O) groups excluding carboxylic acids is 1. The second-order valence-electron chi connectivity index (χ2n) is 3.00. The van der Waals surface area contributed by atoms with E-state index in [0.717, 1.165) is 23.1 Å². The lowest BCUT2D eigenvalue weighted by Gasteiger charge is -2.05. The molecule has 3 N–H and O–H groups in total. The van der Waals surface area contributed by atoms with E-state index >= 15 is 0 Å². The Kier molecular flexibility index (Phi) is 4.57. The van der Waals surface area contributed by atoms with Gasteiger partial charge in [-0.25, -0.2) is 0 Å². The van der Waals surface area contributed by atoms with E-state index in [0.29, 0.717) is 4.34 Å². The number of rotatable bonds is 5. The van der Waals surface area contributed by atoms with Crippen molar-refractivity contribution >= 4 is 34.1 Å². The van der Waals surface area contributed by atoms with Gasteiger partial charge in [0.2, 0.25) is 11.0 Å². The van der Waals surface area contributed by atoms with Crippen LogP contribution in [-0.2, 0) is 4.79 Å². The molecule has 0 aromatic carbocycles. The van der Waals surface area contributed by atoms with Gasteiger partial charge in [0.05, 0.1) is 5.25 Å². The molecule has 0 bridgehead atoms. The first-order chi connectivity index (χ1) is 7.78. The molecule has 1 atom stereocenters. The zero-order chi connectivity index (χ0) is 13.1. The molecule has 0 aliphatic carbocycles. The molecule has 10 heteroatoms. The zero-order valence-corrected chi connectivity index (χ0v) is 10.2. The van der Waals surface area contributed by atoms with Crippen molar-refractivity contribution in [3.63, 3.8) is 0 Å². The van der Waals surface area contributed by atoms with E-state index < -0.39 is 23.9 Å².